The predicted molar refractivity (Wildman–Crippen MR) is 85.4 cm³/mol. The molecule has 2 nitrogen and oxygen atoms in total. The van der Waals surface area contributed by atoms with Gasteiger partial charge in [-0.1, -0.05) is 19.9 Å². The molecule has 4 aliphatic carbocycles. The topological polar surface area (TPSA) is 46.2 Å². The summed E-state index contributed by atoms with van der Waals surface area (Å²) in [4.78, 5) is 0. The fourth-order valence-corrected chi connectivity index (χ4v) is 6.84. The zero-order valence-corrected chi connectivity index (χ0v) is 13.6. The van der Waals surface area contributed by atoms with Crippen LogP contribution in [0.2, 0.25) is 0 Å². The van der Waals surface area contributed by atoms with E-state index in [2.05, 4.69) is 19.9 Å². The summed E-state index contributed by atoms with van der Waals surface area (Å²) in [5, 5.41) is 10.1. The van der Waals surface area contributed by atoms with E-state index in [9.17, 15) is 5.11 Å². The fourth-order valence-electron chi connectivity index (χ4n) is 6.84. The Morgan fingerprint density at radius 2 is 1.90 bits per heavy atom. The molecule has 3 fully saturated rings. The molecule has 0 aliphatic heterocycles. The molecule has 3 saturated carbocycles. The van der Waals surface area contributed by atoms with Gasteiger partial charge in [0, 0.05) is 11.1 Å². The molecule has 4 rings (SSSR count). The second-order valence-corrected chi connectivity index (χ2v) is 8.94. The Morgan fingerprint density at radius 3 is 2.71 bits per heavy atom. The SMILES string of the molecule is C[C@]12CCC(O)CC1CC[C@@H]1[C@H]2CC[C@]2(C)C(N)=CC[C@@H]12. The maximum absolute atomic E-state index is 10.1. The van der Waals surface area contributed by atoms with Gasteiger partial charge in [-0.05, 0) is 80.5 Å². The lowest BCUT2D eigenvalue weighted by Gasteiger charge is -2.60. The standard InChI is InChI=1S/C19H31NO/c1-18-9-7-13(21)11-12(18)3-4-14-15-5-6-17(20)19(15,2)10-8-16(14)18/h6,12-16,21H,3-5,7-11,20H2,1-2H3/t12?,13?,14-,15-,16+,18-,19-/m0/s1. The van der Waals surface area contributed by atoms with Crippen molar-refractivity contribution in [3.8, 4) is 0 Å². The fraction of sp³-hybridized carbons (Fsp3) is 0.895. The average molecular weight is 289 g/mol. The minimum absolute atomic E-state index is 0.0303. The second kappa shape index (κ2) is 4.50. The molecule has 7 atom stereocenters. The summed E-state index contributed by atoms with van der Waals surface area (Å²) in [6.07, 6.45) is 12.2. The zero-order chi connectivity index (χ0) is 14.8. The van der Waals surface area contributed by atoms with Gasteiger partial charge in [0.1, 0.15) is 0 Å². The summed E-state index contributed by atoms with van der Waals surface area (Å²) in [7, 11) is 0. The number of aliphatic hydroxyl groups is 1. The number of hydrogen-bond acceptors (Lipinski definition) is 2. The van der Waals surface area contributed by atoms with Gasteiger partial charge in [0.2, 0.25) is 0 Å². The molecule has 0 bridgehead atoms. The number of aliphatic hydroxyl groups excluding tert-OH is 1. The molecule has 0 radical (unpaired) electrons. The van der Waals surface area contributed by atoms with E-state index in [4.69, 9.17) is 5.73 Å². The van der Waals surface area contributed by atoms with E-state index >= 15 is 0 Å². The molecule has 21 heavy (non-hydrogen) atoms. The minimum Gasteiger partial charge on any atom is -0.402 e. The summed E-state index contributed by atoms with van der Waals surface area (Å²) in [5.41, 5.74) is 8.31. The van der Waals surface area contributed by atoms with E-state index in [0.29, 0.717) is 10.8 Å². The lowest BCUT2D eigenvalue weighted by atomic mass is 9.45. The van der Waals surface area contributed by atoms with Crippen LogP contribution in [-0.4, -0.2) is 11.2 Å². The van der Waals surface area contributed by atoms with Crippen LogP contribution < -0.4 is 5.73 Å². The van der Waals surface area contributed by atoms with Crippen LogP contribution in [0.1, 0.15) is 65.2 Å². The highest BCUT2D eigenvalue weighted by atomic mass is 16.3. The van der Waals surface area contributed by atoms with Crippen molar-refractivity contribution >= 4 is 0 Å². The van der Waals surface area contributed by atoms with Crippen LogP contribution in [0.5, 0.6) is 0 Å². The Balaban J connectivity index is 1.63. The quantitative estimate of drug-likeness (QED) is 0.711. The van der Waals surface area contributed by atoms with E-state index < -0.39 is 0 Å². The van der Waals surface area contributed by atoms with Crippen molar-refractivity contribution in [2.24, 2.45) is 40.2 Å². The number of rotatable bonds is 0. The molecule has 118 valence electrons. The first-order valence-corrected chi connectivity index (χ1v) is 9.09. The van der Waals surface area contributed by atoms with Crippen molar-refractivity contribution < 1.29 is 5.11 Å². The van der Waals surface area contributed by atoms with Crippen molar-refractivity contribution in [2.75, 3.05) is 0 Å². The highest BCUT2D eigenvalue weighted by Crippen LogP contribution is 2.65. The van der Waals surface area contributed by atoms with Gasteiger partial charge in [-0.25, -0.2) is 0 Å². The van der Waals surface area contributed by atoms with Crippen LogP contribution in [-0.2, 0) is 0 Å². The van der Waals surface area contributed by atoms with Gasteiger partial charge >= 0.3 is 0 Å². The smallest absolute Gasteiger partial charge is 0.0543 e. The van der Waals surface area contributed by atoms with Gasteiger partial charge in [0.05, 0.1) is 6.10 Å². The van der Waals surface area contributed by atoms with Gasteiger partial charge in [0.25, 0.3) is 0 Å². The Kier molecular flexibility index (Phi) is 3.03. The van der Waals surface area contributed by atoms with Crippen LogP contribution in [0.25, 0.3) is 0 Å². The molecular formula is C19H31NO. The van der Waals surface area contributed by atoms with Crippen LogP contribution in [0, 0.1) is 34.5 Å². The third-order valence-corrected chi connectivity index (χ3v) is 8.28. The van der Waals surface area contributed by atoms with Gasteiger partial charge < -0.3 is 10.8 Å². The highest BCUT2D eigenvalue weighted by molar-refractivity contribution is 5.22. The molecule has 0 heterocycles. The van der Waals surface area contributed by atoms with Crippen LogP contribution in [0.15, 0.2) is 11.8 Å². The monoisotopic (exact) mass is 289 g/mol. The Morgan fingerprint density at radius 1 is 1.10 bits per heavy atom. The van der Waals surface area contributed by atoms with Gasteiger partial charge in [0.15, 0.2) is 0 Å². The normalized spacial score (nSPS) is 56.1. The van der Waals surface area contributed by atoms with Crippen molar-refractivity contribution in [1.29, 1.82) is 0 Å². The summed E-state index contributed by atoms with van der Waals surface area (Å²) in [5.74, 6) is 3.30. The summed E-state index contributed by atoms with van der Waals surface area (Å²) in [6.45, 7) is 4.97. The van der Waals surface area contributed by atoms with E-state index in [1.165, 1.54) is 44.2 Å². The van der Waals surface area contributed by atoms with Crippen molar-refractivity contribution in [2.45, 2.75) is 71.3 Å². The first kappa shape index (κ1) is 14.1. The van der Waals surface area contributed by atoms with Crippen LogP contribution >= 0.6 is 0 Å². The third-order valence-electron chi connectivity index (χ3n) is 8.28. The van der Waals surface area contributed by atoms with Crippen LogP contribution in [0.4, 0.5) is 0 Å². The second-order valence-electron chi connectivity index (χ2n) is 8.94. The predicted octanol–water partition coefficient (Wildman–Crippen LogP) is 3.84. The molecule has 0 amide bonds. The molecule has 0 aromatic rings. The first-order chi connectivity index (χ1) is 9.95. The number of fused-ring (bicyclic) bond motifs is 5. The molecule has 3 N–H and O–H groups in total. The Hall–Kier alpha value is -0.500. The Labute approximate surface area is 129 Å². The van der Waals surface area contributed by atoms with Crippen molar-refractivity contribution in [3.05, 3.63) is 11.8 Å². The number of nitrogens with two attached hydrogens (primary N) is 1. The lowest BCUT2D eigenvalue weighted by Crippen LogP contribution is -2.54. The largest absolute Gasteiger partial charge is 0.402 e. The van der Waals surface area contributed by atoms with Gasteiger partial charge in [-0.2, -0.15) is 0 Å². The zero-order valence-electron chi connectivity index (χ0n) is 13.6. The third kappa shape index (κ3) is 1.81. The molecule has 2 unspecified atom stereocenters. The lowest BCUT2D eigenvalue weighted by molar-refractivity contribution is -0.117. The average Bonchev–Trinajstić information content (AvgIpc) is 2.76. The minimum atomic E-state index is -0.0303. The first-order valence-electron chi connectivity index (χ1n) is 9.09. The molecule has 0 saturated heterocycles. The summed E-state index contributed by atoms with van der Waals surface area (Å²) >= 11 is 0. The molecule has 0 aromatic heterocycles. The van der Waals surface area contributed by atoms with E-state index in [-0.39, 0.29) is 6.10 Å². The van der Waals surface area contributed by atoms with E-state index in [1.807, 2.05) is 0 Å². The molecule has 4 aliphatic rings. The molecular weight excluding hydrogens is 258 g/mol. The molecule has 0 spiro atoms. The maximum Gasteiger partial charge on any atom is 0.0543 e. The van der Waals surface area contributed by atoms with Crippen LogP contribution in [0.3, 0.4) is 0 Å². The number of hydrogen-bond donors (Lipinski definition) is 2. The van der Waals surface area contributed by atoms with Crippen molar-refractivity contribution in [1.82, 2.24) is 0 Å². The molecule has 0 aromatic carbocycles. The number of allylic oxidation sites excluding steroid dienone is 2. The van der Waals surface area contributed by atoms with Gasteiger partial charge in [-0.3, -0.25) is 0 Å². The van der Waals surface area contributed by atoms with Crippen molar-refractivity contribution in [3.63, 3.8) is 0 Å². The summed E-state index contributed by atoms with van der Waals surface area (Å²) in [6, 6.07) is 0. The molecule has 2 heteroatoms. The van der Waals surface area contributed by atoms with E-state index in [1.54, 1.807) is 0 Å². The van der Waals surface area contributed by atoms with Gasteiger partial charge in [-0.15, -0.1) is 0 Å². The summed E-state index contributed by atoms with van der Waals surface area (Å²) < 4.78 is 0. The Bertz CT molecular complexity index is 472. The van der Waals surface area contributed by atoms with E-state index in [0.717, 1.165) is 36.5 Å². The maximum atomic E-state index is 10.1. The highest BCUT2D eigenvalue weighted by Gasteiger charge is 2.58.